The van der Waals surface area contributed by atoms with Gasteiger partial charge in [0.2, 0.25) is 5.91 Å². The number of aryl methyl sites for hydroxylation is 1. The molecule has 19 heavy (non-hydrogen) atoms. The van der Waals surface area contributed by atoms with Gasteiger partial charge in [-0.1, -0.05) is 0 Å². The van der Waals surface area contributed by atoms with Crippen molar-refractivity contribution in [2.75, 3.05) is 13.1 Å². The largest absolute Gasteiger partial charge is 0.393 e. The first-order valence-electron chi connectivity index (χ1n) is 6.78. The molecule has 1 aromatic rings. The van der Waals surface area contributed by atoms with Gasteiger partial charge in [0, 0.05) is 38.3 Å². The first-order valence-corrected chi connectivity index (χ1v) is 6.78. The molecule has 1 saturated carbocycles. The lowest BCUT2D eigenvalue weighted by molar-refractivity contribution is -0.125. The molecule has 0 spiro atoms. The van der Waals surface area contributed by atoms with Crippen molar-refractivity contribution >= 4 is 12.0 Å². The number of aliphatic hydroxyl groups is 1. The van der Waals surface area contributed by atoms with Crippen LogP contribution in [0.4, 0.5) is 0 Å². The number of rotatable bonds is 2. The molecule has 1 amide bonds. The molecule has 0 radical (unpaired) electrons. The Hall–Kier alpha value is -1.62. The molecular weight excluding hydrogens is 242 g/mol. The summed E-state index contributed by atoms with van der Waals surface area (Å²) in [6.07, 6.45) is 6.82. The lowest BCUT2D eigenvalue weighted by Crippen LogP contribution is -2.29. The summed E-state index contributed by atoms with van der Waals surface area (Å²) in [5.74, 6) is 0.806. The predicted molar refractivity (Wildman–Crippen MR) is 71.0 cm³/mol. The van der Waals surface area contributed by atoms with Crippen molar-refractivity contribution in [2.24, 2.45) is 18.9 Å². The van der Waals surface area contributed by atoms with Crippen molar-refractivity contribution in [1.29, 1.82) is 0 Å². The van der Waals surface area contributed by atoms with E-state index in [0.29, 0.717) is 12.5 Å². The van der Waals surface area contributed by atoms with E-state index in [9.17, 15) is 9.90 Å². The van der Waals surface area contributed by atoms with Crippen LogP contribution in [0.5, 0.6) is 0 Å². The molecule has 1 aliphatic heterocycles. The highest BCUT2D eigenvalue weighted by atomic mass is 16.3. The van der Waals surface area contributed by atoms with Crippen LogP contribution in [0.3, 0.4) is 0 Å². The summed E-state index contributed by atoms with van der Waals surface area (Å²) >= 11 is 0. The fourth-order valence-corrected chi connectivity index (χ4v) is 3.23. The van der Waals surface area contributed by atoms with Gasteiger partial charge in [0.25, 0.3) is 0 Å². The van der Waals surface area contributed by atoms with E-state index in [1.807, 2.05) is 18.0 Å². The van der Waals surface area contributed by atoms with Crippen LogP contribution in [-0.2, 0) is 11.8 Å². The lowest BCUT2D eigenvalue weighted by atomic mass is 10.00. The van der Waals surface area contributed by atoms with Crippen molar-refractivity contribution in [3.63, 3.8) is 0 Å². The monoisotopic (exact) mass is 261 g/mol. The molecule has 1 N–H and O–H groups in total. The molecule has 2 aliphatic rings. The summed E-state index contributed by atoms with van der Waals surface area (Å²) in [6, 6.07) is 1.87. The smallest absolute Gasteiger partial charge is 0.246 e. The van der Waals surface area contributed by atoms with Crippen LogP contribution in [0.2, 0.25) is 0 Å². The third-order valence-electron chi connectivity index (χ3n) is 4.39. The Kier molecular flexibility index (Phi) is 3.14. The second-order valence-electron chi connectivity index (χ2n) is 5.52. The van der Waals surface area contributed by atoms with Gasteiger partial charge < -0.3 is 10.0 Å². The highest BCUT2D eigenvalue weighted by Gasteiger charge is 2.42. The van der Waals surface area contributed by atoms with E-state index in [0.717, 1.165) is 25.1 Å². The number of carbonyl (C=O) groups is 1. The molecule has 5 heteroatoms. The number of fused-ring (bicyclic) bond motifs is 1. The molecule has 1 aromatic heterocycles. The number of carbonyl (C=O) groups excluding carboxylic acids is 1. The zero-order chi connectivity index (χ0) is 13.4. The van der Waals surface area contributed by atoms with Gasteiger partial charge in [0.05, 0.1) is 11.8 Å². The lowest BCUT2D eigenvalue weighted by Gasteiger charge is -2.16. The Labute approximate surface area is 112 Å². The highest BCUT2D eigenvalue weighted by Crippen LogP contribution is 2.38. The summed E-state index contributed by atoms with van der Waals surface area (Å²) in [6.45, 7) is 1.48. The van der Waals surface area contributed by atoms with Gasteiger partial charge in [0.15, 0.2) is 0 Å². The van der Waals surface area contributed by atoms with Gasteiger partial charge in [-0.15, -0.1) is 0 Å². The van der Waals surface area contributed by atoms with E-state index < -0.39 is 0 Å². The minimum atomic E-state index is -0.219. The second kappa shape index (κ2) is 4.81. The average molecular weight is 261 g/mol. The highest BCUT2D eigenvalue weighted by molar-refractivity contribution is 5.91. The van der Waals surface area contributed by atoms with Crippen LogP contribution in [0.25, 0.3) is 6.08 Å². The van der Waals surface area contributed by atoms with E-state index in [-0.39, 0.29) is 17.9 Å². The van der Waals surface area contributed by atoms with Gasteiger partial charge in [-0.05, 0) is 30.9 Å². The number of nitrogens with zero attached hydrogens (tertiary/aromatic N) is 3. The van der Waals surface area contributed by atoms with Crippen LogP contribution < -0.4 is 0 Å². The number of likely N-dealkylation sites (tertiary alicyclic amines) is 1. The number of amides is 1. The number of aromatic nitrogens is 2. The van der Waals surface area contributed by atoms with Crippen LogP contribution in [0.1, 0.15) is 18.5 Å². The summed E-state index contributed by atoms with van der Waals surface area (Å²) < 4.78 is 1.73. The topological polar surface area (TPSA) is 58.4 Å². The number of aliphatic hydroxyl groups excluding tert-OH is 1. The fourth-order valence-electron chi connectivity index (χ4n) is 3.23. The number of hydrogen-bond acceptors (Lipinski definition) is 3. The van der Waals surface area contributed by atoms with E-state index in [4.69, 9.17) is 0 Å². The minimum Gasteiger partial charge on any atom is -0.393 e. The Bertz CT molecular complexity index is 509. The van der Waals surface area contributed by atoms with Crippen molar-refractivity contribution in [3.8, 4) is 0 Å². The van der Waals surface area contributed by atoms with Crippen molar-refractivity contribution in [1.82, 2.24) is 14.7 Å². The first kappa shape index (κ1) is 12.4. The Morgan fingerprint density at radius 2 is 2.32 bits per heavy atom. The van der Waals surface area contributed by atoms with E-state index in [1.54, 1.807) is 23.0 Å². The molecule has 0 bridgehead atoms. The SMILES string of the molecule is Cn1nccc1/C=C/C(=O)N1CC2CCC(O)C2C1. The molecule has 3 unspecified atom stereocenters. The molecule has 3 rings (SSSR count). The summed E-state index contributed by atoms with van der Waals surface area (Å²) in [5, 5.41) is 13.9. The van der Waals surface area contributed by atoms with Gasteiger partial charge in [0.1, 0.15) is 0 Å². The van der Waals surface area contributed by atoms with Crippen molar-refractivity contribution < 1.29 is 9.90 Å². The fraction of sp³-hybridized carbons (Fsp3) is 0.571. The minimum absolute atomic E-state index is 0.0304. The second-order valence-corrected chi connectivity index (χ2v) is 5.52. The molecule has 2 heterocycles. The quantitative estimate of drug-likeness (QED) is 0.796. The maximum absolute atomic E-state index is 12.1. The Morgan fingerprint density at radius 1 is 1.47 bits per heavy atom. The van der Waals surface area contributed by atoms with Crippen molar-refractivity contribution in [2.45, 2.75) is 18.9 Å². The molecule has 102 valence electrons. The standard InChI is InChI=1S/C14H19N3O2/c1-16-11(6-7-15-16)3-5-14(19)17-8-10-2-4-13(18)12(10)9-17/h3,5-7,10,12-13,18H,2,4,8-9H2,1H3/b5-3+. The zero-order valence-corrected chi connectivity index (χ0v) is 11.1. The third kappa shape index (κ3) is 2.30. The molecule has 2 fully saturated rings. The molecular formula is C14H19N3O2. The Balaban J connectivity index is 1.63. The summed E-state index contributed by atoms with van der Waals surface area (Å²) in [4.78, 5) is 14.0. The molecule has 0 aromatic carbocycles. The van der Waals surface area contributed by atoms with Crippen LogP contribution >= 0.6 is 0 Å². The molecule has 1 saturated heterocycles. The maximum atomic E-state index is 12.1. The van der Waals surface area contributed by atoms with Gasteiger partial charge in [-0.2, -0.15) is 5.10 Å². The Morgan fingerprint density at radius 3 is 3.00 bits per heavy atom. The predicted octanol–water partition coefficient (Wildman–Crippen LogP) is 0.663. The van der Waals surface area contributed by atoms with Gasteiger partial charge in [-0.25, -0.2) is 0 Å². The van der Waals surface area contributed by atoms with E-state index in [2.05, 4.69) is 5.10 Å². The van der Waals surface area contributed by atoms with Crippen LogP contribution in [0, 0.1) is 11.8 Å². The van der Waals surface area contributed by atoms with E-state index >= 15 is 0 Å². The average Bonchev–Trinajstić information content (AvgIpc) is 3.05. The van der Waals surface area contributed by atoms with Crippen molar-refractivity contribution in [3.05, 3.63) is 24.0 Å². The normalized spacial score (nSPS) is 30.2. The molecule has 5 nitrogen and oxygen atoms in total. The summed E-state index contributed by atoms with van der Waals surface area (Å²) in [7, 11) is 1.85. The van der Waals surface area contributed by atoms with Gasteiger partial charge >= 0.3 is 0 Å². The van der Waals surface area contributed by atoms with Gasteiger partial charge in [-0.3, -0.25) is 9.48 Å². The first-order chi connectivity index (χ1) is 9.15. The number of hydrogen-bond donors (Lipinski definition) is 1. The van der Waals surface area contributed by atoms with Crippen LogP contribution in [-0.4, -0.2) is 44.9 Å². The third-order valence-corrected chi connectivity index (χ3v) is 4.39. The molecule has 1 aliphatic carbocycles. The van der Waals surface area contributed by atoms with Crippen LogP contribution in [0.15, 0.2) is 18.3 Å². The zero-order valence-electron chi connectivity index (χ0n) is 11.1. The molecule has 3 atom stereocenters. The summed E-state index contributed by atoms with van der Waals surface area (Å²) in [5.41, 5.74) is 0.910. The maximum Gasteiger partial charge on any atom is 0.246 e. The van der Waals surface area contributed by atoms with E-state index in [1.165, 1.54) is 0 Å².